The second kappa shape index (κ2) is 9.45. The van der Waals surface area contributed by atoms with E-state index in [-0.39, 0.29) is 5.91 Å². The van der Waals surface area contributed by atoms with Crippen LogP contribution in [0.3, 0.4) is 0 Å². The van der Waals surface area contributed by atoms with Crippen LogP contribution in [0.5, 0.6) is 5.75 Å². The van der Waals surface area contributed by atoms with Crippen LogP contribution in [0.1, 0.15) is 37.2 Å². The lowest BCUT2D eigenvalue weighted by atomic mass is 9.95. The molecule has 2 fully saturated rings. The van der Waals surface area contributed by atoms with Crippen molar-refractivity contribution in [3.63, 3.8) is 0 Å². The smallest absolute Gasteiger partial charge is 0.273 e. The molecule has 0 bridgehead atoms. The zero-order valence-corrected chi connectivity index (χ0v) is 18.9. The van der Waals surface area contributed by atoms with Gasteiger partial charge in [0.1, 0.15) is 16.5 Å². The van der Waals surface area contributed by atoms with Crippen molar-refractivity contribution >= 4 is 17.2 Å². The maximum absolute atomic E-state index is 13.0. The summed E-state index contributed by atoms with van der Waals surface area (Å²) < 4.78 is 11.0. The number of aromatic nitrogens is 1. The molecule has 2 saturated heterocycles. The van der Waals surface area contributed by atoms with Gasteiger partial charge < -0.3 is 14.4 Å². The van der Waals surface area contributed by atoms with Gasteiger partial charge in [0, 0.05) is 43.7 Å². The summed E-state index contributed by atoms with van der Waals surface area (Å²) in [6.45, 7) is 9.06. The first kappa shape index (κ1) is 21.3. The van der Waals surface area contributed by atoms with Crippen LogP contribution in [0.4, 0.5) is 0 Å². The lowest BCUT2D eigenvalue weighted by Gasteiger charge is -2.39. The van der Waals surface area contributed by atoms with Crippen molar-refractivity contribution in [3.05, 3.63) is 35.3 Å². The van der Waals surface area contributed by atoms with Gasteiger partial charge in [0.2, 0.25) is 0 Å². The molecule has 7 heteroatoms. The number of ether oxygens (including phenoxy) is 2. The van der Waals surface area contributed by atoms with Crippen LogP contribution >= 0.6 is 11.3 Å². The van der Waals surface area contributed by atoms with Gasteiger partial charge in [0.15, 0.2) is 0 Å². The normalized spacial score (nSPS) is 23.5. The summed E-state index contributed by atoms with van der Waals surface area (Å²) >= 11 is 1.51. The van der Waals surface area contributed by atoms with E-state index in [1.807, 2.05) is 34.5 Å². The summed E-state index contributed by atoms with van der Waals surface area (Å²) in [5, 5.41) is 2.75. The van der Waals surface area contributed by atoms with E-state index in [9.17, 15) is 4.79 Å². The third kappa shape index (κ3) is 5.02. The Hall–Kier alpha value is -1.96. The maximum atomic E-state index is 13.0. The van der Waals surface area contributed by atoms with Gasteiger partial charge in [-0.1, -0.05) is 0 Å². The molecule has 1 aromatic carbocycles. The summed E-state index contributed by atoms with van der Waals surface area (Å²) in [4.78, 5) is 22.1. The molecule has 162 valence electrons. The predicted octanol–water partition coefficient (Wildman–Crippen LogP) is 3.78. The number of thiazole rings is 1. The Bertz CT molecular complexity index is 836. The fourth-order valence-corrected chi connectivity index (χ4v) is 5.32. The van der Waals surface area contributed by atoms with Crippen molar-refractivity contribution in [2.75, 3.05) is 39.8 Å². The molecule has 2 aliphatic heterocycles. The monoisotopic (exact) mass is 429 g/mol. The van der Waals surface area contributed by atoms with Crippen LogP contribution in [0, 0.1) is 5.92 Å². The van der Waals surface area contributed by atoms with Crippen molar-refractivity contribution in [3.8, 4) is 16.3 Å². The topological polar surface area (TPSA) is 54.9 Å². The van der Waals surface area contributed by atoms with Gasteiger partial charge in [-0.25, -0.2) is 4.98 Å². The van der Waals surface area contributed by atoms with E-state index < -0.39 is 0 Å². The van der Waals surface area contributed by atoms with Crippen molar-refractivity contribution in [2.45, 2.75) is 38.9 Å². The van der Waals surface area contributed by atoms with Gasteiger partial charge >= 0.3 is 0 Å². The fourth-order valence-electron chi connectivity index (χ4n) is 4.52. The molecule has 2 aromatic rings. The zero-order valence-electron chi connectivity index (χ0n) is 18.0. The van der Waals surface area contributed by atoms with Crippen LogP contribution in [0.2, 0.25) is 0 Å². The predicted molar refractivity (Wildman–Crippen MR) is 119 cm³/mol. The quantitative estimate of drug-likeness (QED) is 0.724. The van der Waals surface area contributed by atoms with Crippen LogP contribution < -0.4 is 4.74 Å². The van der Waals surface area contributed by atoms with E-state index in [0.29, 0.717) is 23.8 Å². The van der Waals surface area contributed by atoms with Gasteiger partial charge in [-0.05, 0) is 56.9 Å². The molecular formula is C23H31N3O3S. The van der Waals surface area contributed by atoms with Crippen LogP contribution in [-0.2, 0) is 4.74 Å². The third-order valence-corrected chi connectivity index (χ3v) is 6.87. The Kier molecular flexibility index (Phi) is 6.71. The minimum Gasteiger partial charge on any atom is -0.497 e. The van der Waals surface area contributed by atoms with E-state index >= 15 is 0 Å². The molecule has 2 atom stereocenters. The van der Waals surface area contributed by atoms with Crippen LogP contribution in [0.25, 0.3) is 10.6 Å². The molecular weight excluding hydrogens is 398 g/mol. The Morgan fingerprint density at radius 1 is 1.17 bits per heavy atom. The number of carbonyl (C=O) groups excluding carboxylic acids is 1. The van der Waals surface area contributed by atoms with E-state index in [1.165, 1.54) is 11.3 Å². The molecule has 2 unspecified atom stereocenters. The summed E-state index contributed by atoms with van der Waals surface area (Å²) in [6.07, 6.45) is 2.72. The number of hydrogen-bond acceptors (Lipinski definition) is 6. The van der Waals surface area contributed by atoms with Crippen molar-refractivity contribution in [1.82, 2.24) is 14.8 Å². The molecule has 1 aromatic heterocycles. The highest BCUT2D eigenvalue weighted by Gasteiger charge is 2.29. The number of hydrogen-bond donors (Lipinski definition) is 0. The Labute approximate surface area is 182 Å². The lowest BCUT2D eigenvalue weighted by Crippen LogP contribution is -2.48. The van der Waals surface area contributed by atoms with Crippen molar-refractivity contribution < 1.29 is 14.3 Å². The number of benzene rings is 1. The number of nitrogens with zero attached hydrogens (tertiary/aromatic N) is 3. The van der Waals surface area contributed by atoms with Gasteiger partial charge in [-0.3, -0.25) is 9.69 Å². The molecule has 6 nitrogen and oxygen atoms in total. The largest absolute Gasteiger partial charge is 0.497 e. The summed E-state index contributed by atoms with van der Waals surface area (Å²) in [7, 11) is 1.65. The first-order valence-electron chi connectivity index (χ1n) is 10.8. The number of rotatable bonds is 5. The number of methoxy groups -OCH3 is 1. The number of carbonyl (C=O) groups is 1. The molecule has 1 amide bonds. The number of likely N-dealkylation sites (tertiary alicyclic amines) is 1. The van der Waals surface area contributed by atoms with E-state index in [4.69, 9.17) is 9.47 Å². The zero-order chi connectivity index (χ0) is 21.1. The first-order chi connectivity index (χ1) is 14.5. The molecule has 4 rings (SSSR count). The van der Waals surface area contributed by atoms with E-state index in [0.717, 1.165) is 61.9 Å². The standard InChI is InChI=1S/C23H31N3O3S/c1-16-12-25(13-17(2)29-16)14-18-8-10-26(11-9-18)23(27)21-15-30-22(24-21)19-4-6-20(28-3)7-5-19/h4-7,15-18H,8-14H2,1-3H3. The van der Waals surface area contributed by atoms with E-state index in [2.05, 4.69) is 23.7 Å². The Morgan fingerprint density at radius 2 is 1.83 bits per heavy atom. The average molecular weight is 430 g/mol. The number of morpholine rings is 1. The lowest BCUT2D eigenvalue weighted by molar-refractivity contribution is -0.0728. The average Bonchev–Trinajstić information content (AvgIpc) is 3.23. The number of amides is 1. The van der Waals surface area contributed by atoms with Crippen molar-refractivity contribution in [2.24, 2.45) is 5.92 Å². The molecule has 30 heavy (non-hydrogen) atoms. The first-order valence-corrected chi connectivity index (χ1v) is 11.7. The Balaban J connectivity index is 1.30. The summed E-state index contributed by atoms with van der Waals surface area (Å²) in [6, 6.07) is 7.79. The summed E-state index contributed by atoms with van der Waals surface area (Å²) in [5.41, 5.74) is 1.56. The second-order valence-corrected chi connectivity index (χ2v) is 9.34. The van der Waals surface area contributed by atoms with Gasteiger partial charge in [0.25, 0.3) is 5.91 Å². The van der Waals surface area contributed by atoms with Gasteiger partial charge in [-0.2, -0.15) is 0 Å². The third-order valence-electron chi connectivity index (χ3n) is 5.97. The van der Waals surface area contributed by atoms with Crippen molar-refractivity contribution in [1.29, 1.82) is 0 Å². The molecule has 0 saturated carbocycles. The van der Waals surface area contributed by atoms with Gasteiger partial charge in [0.05, 0.1) is 19.3 Å². The molecule has 0 radical (unpaired) electrons. The fraction of sp³-hybridized carbons (Fsp3) is 0.565. The Morgan fingerprint density at radius 3 is 2.47 bits per heavy atom. The molecule has 3 heterocycles. The SMILES string of the molecule is COc1ccc(-c2nc(C(=O)N3CCC(CN4CC(C)OC(C)C4)CC3)cs2)cc1. The summed E-state index contributed by atoms with van der Waals surface area (Å²) in [5.74, 6) is 1.52. The molecule has 0 aliphatic carbocycles. The minimum absolute atomic E-state index is 0.0538. The van der Waals surface area contributed by atoms with Crippen LogP contribution in [0.15, 0.2) is 29.6 Å². The van der Waals surface area contributed by atoms with E-state index in [1.54, 1.807) is 7.11 Å². The molecule has 0 N–H and O–H groups in total. The molecule has 0 spiro atoms. The number of piperidine rings is 1. The minimum atomic E-state index is 0.0538. The highest BCUT2D eigenvalue weighted by molar-refractivity contribution is 7.13. The second-order valence-electron chi connectivity index (χ2n) is 8.48. The highest BCUT2D eigenvalue weighted by Crippen LogP contribution is 2.27. The van der Waals surface area contributed by atoms with Gasteiger partial charge in [-0.15, -0.1) is 11.3 Å². The van der Waals surface area contributed by atoms with Crippen LogP contribution in [-0.4, -0.2) is 72.7 Å². The molecule has 2 aliphatic rings. The maximum Gasteiger partial charge on any atom is 0.273 e. The highest BCUT2D eigenvalue weighted by atomic mass is 32.1.